The topological polar surface area (TPSA) is 77.8 Å². The second-order valence-electron chi connectivity index (χ2n) is 6.39. The Kier molecular flexibility index (Phi) is 6.00. The van der Waals surface area contributed by atoms with Crippen LogP contribution in [0, 0.1) is 11.3 Å². The first-order chi connectivity index (χ1) is 12.7. The van der Waals surface area contributed by atoms with E-state index in [0.29, 0.717) is 16.8 Å². The smallest absolute Gasteiger partial charge is 0.257 e. The lowest BCUT2D eigenvalue weighted by atomic mass is 9.97. The number of anilines is 2. The molecule has 3 rings (SSSR count). The highest BCUT2D eigenvalue weighted by Gasteiger charge is 2.08. The van der Waals surface area contributed by atoms with E-state index in [4.69, 9.17) is 5.26 Å². The Morgan fingerprint density at radius 1 is 1.15 bits per heavy atom. The summed E-state index contributed by atoms with van der Waals surface area (Å²) in [7, 11) is 0. The van der Waals surface area contributed by atoms with Gasteiger partial charge in [-0.15, -0.1) is 0 Å². The summed E-state index contributed by atoms with van der Waals surface area (Å²) < 4.78 is 0. The molecule has 1 aromatic carbocycles. The van der Waals surface area contributed by atoms with Gasteiger partial charge in [0.2, 0.25) is 0 Å². The molecule has 1 amide bonds. The average Bonchev–Trinajstić information content (AvgIpc) is 2.69. The van der Waals surface area contributed by atoms with E-state index in [-0.39, 0.29) is 5.91 Å². The van der Waals surface area contributed by atoms with Gasteiger partial charge in [-0.3, -0.25) is 9.78 Å². The molecule has 5 heteroatoms. The van der Waals surface area contributed by atoms with E-state index in [9.17, 15) is 4.79 Å². The molecule has 0 aliphatic heterocycles. The minimum atomic E-state index is -0.221. The lowest BCUT2D eigenvalue weighted by molar-refractivity contribution is 0.102. The van der Waals surface area contributed by atoms with Crippen molar-refractivity contribution >= 4 is 17.3 Å². The molecule has 0 fully saturated rings. The summed E-state index contributed by atoms with van der Waals surface area (Å²) >= 11 is 0. The molecule has 0 bridgehead atoms. The maximum atomic E-state index is 12.4. The fourth-order valence-corrected chi connectivity index (χ4v) is 2.99. The van der Waals surface area contributed by atoms with Gasteiger partial charge in [-0.05, 0) is 62.4 Å². The van der Waals surface area contributed by atoms with Gasteiger partial charge in [0.1, 0.15) is 0 Å². The number of carbonyl (C=O) groups excluding carboxylic acids is 1. The van der Waals surface area contributed by atoms with Crippen LogP contribution in [0.1, 0.15) is 48.0 Å². The summed E-state index contributed by atoms with van der Waals surface area (Å²) in [6.07, 6.45) is 11.7. The minimum absolute atomic E-state index is 0.221. The number of nitrogens with one attached hydrogen (secondary N) is 2. The summed E-state index contributed by atoms with van der Waals surface area (Å²) in [5, 5.41) is 15.0. The van der Waals surface area contributed by atoms with Crippen molar-refractivity contribution in [3.8, 4) is 6.07 Å². The number of allylic oxidation sites excluding steroid dienone is 1. The van der Waals surface area contributed by atoms with Crippen LogP contribution in [-0.2, 0) is 0 Å². The lowest BCUT2D eigenvalue weighted by Crippen LogP contribution is -2.13. The van der Waals surface area contributed by atoms with E-state index in [1.54, 1.807) is 42.7 Å². The number of nitrogens with zero attached hydrogens (tertiary/aromatic N) is 2. The first-order valence-corrected chi connectivity index (χ1v) is 8.93. The third kappa shape index (κ3) is 4.93. The molecule has 0 atom stereocenters. The van der Waals surface area contributed by atoms with Crippen molar-refractivity contribution in [1.82, 2.24) is 4.98 Å². The van der Waals surface area contributed by atoms with Crippen LogP contribution in [0.25, 0.3) is 0 Å². The number of aromatic nitrogens is 1. The maximum absolute atomic E-state index is 12.4. The summed E-state index contributed by atoms with van der Waals surface area (Å²) in [6, 6.07) is 10.6. The number of amides is 1. The molecule has 2 aromatic rings. The molecular weight excluding hydrogens is 324 g/mol. The van der Waals surface area contributed by atoms with Crippen molar-refractivity contribution in [1.29, 1.82) is 5.26 Å². The highest BCUT2D eigenvalue weighted by molar-refractivity contribution is 6.04. The second kappa shape index (κ2) is 8.82. The van der Waals surface area contributed by atoms with Crippen molar-refractivity contribution in [2.75, 3.05) is 17.2 Å². The molecule has 0 radical (unpaired) electrons. The molecule has 0 spiro atoms. The Bertz CT molecular complexity index is 834. The van der Waals surface area contributed by atoms with Crippen LogP contribution >= 0.6 is 0 Å². The minimum Gasteiger partial charge on any atom is -0.383 e. The van der Waals surface area contributed by atoms with Crippen molar-refractivity contribution in [2.24, 2.45) is 0 Å². The van der Waals surface area contributed by atoms with Crippen LogP contribution in [0.4, 0.5) is 11.4 Å². The van der Waals surface area contributed by atoms with E-state index in [2.05, 4.69) is 27.8 Å². The van der Waals surface area contributed by atoms with Gasteiger partial charge in [0.15, 0.2) is 0 Å². The zero-order valence-corrected chi connectivity index (χ0v) is 14.7. The van der Waals surface area contributed by atoms with Crippen LogP contribution in [0.5, 0.6) is 0 Å². The van der Waals surface area contributed by atoms with Gasteiger partial charge in [-0.25, -0.2) is 0 Å². The molecule has 1 aromatic heterocycles. The fourth-order valence-electron chi connectivity index (χ4n) is 2.99. The molecule has 0 saturated carbocycles. The standard InChI is InChI=1S/C21H22N4O/c22-13-17-6-8-19(9-7-17)25-21(26)18-12-20(15-23-14-18)24-11-10-16-4-2-1-3-5-16/h4,6-9,12,14-15,24H,1-3,5,10-11H2,(H,25,26). The normalized spacial score (nSPS) is 13.4. The fraction of sp³-hybridized carbons (Fsp3) is 0.286. The molecule has 5 nitrogen and oxygen atoms in total. The zero-order chi connectivity index (χ0) is 18.2. The van der Waals surface area contributed by atoms with E-state index in [1.165, 1.54) is 31.3 Å². The van der Waals surface area contributed by atoms with Crippen molar-refractivity contribution in [2.45, 2.75) is 32.1 Å². The molecule has 2 N–H and O–H groups in total. The Morgan fingerprint density at radius 3 is 2.73 bits per heavy atom. The van der Waals surface area contributed by atoms with Gasteiger partial charge < -0.3 is 10.6 Å². The van der Waals surface area contributed by atoms with E-state index in [0.717, 1.165) is 18.7 Å². The number of hydrogen-bond donors (Lipinski definition) is 2. The van der Waals surface area contributed by atoms with Gasteiger partial charge >= 0.3 is 0 Å². The van der Waals surface area contributed by atoms with E-state index >= 15 is 0 Å². The molecule has 26 heavy (non-hydrogen) atoms. The van der Waals surface area contributed by atoms with E-state index in [1.807, 2.05) is 0 Å². The van der Waals surface area contributed by atoms with Crippen molar-refractivity contribution in [3.63, 3.8) is 0 Å². The monoisotopic (exact) mass is 346 g/mol. The molecule has 1 heterocycles. The molecular formula is C21H22N4O. The van der Waals surface area contributed by atoms with Crippen molar-refractivity contribution in [3.05, 3.63) is 65.5 Å². The lowest BCUT2D eigenvalue weighted by Gasteiger charge is -2.13. The Hall–Kier alpha value is -3.13. The van der Waals surface area contributed by atoms with Crippen LogP contribution in [0.2, 0.25) is 0 Å². The van der Waals surface area contributed by atoms with Gasteiger partial charge in [-0.2, -0.15) is 5.26 Å². The van der Waals surface area contributed by atoms with Crippen molar-refractivity contribution < 1.29 is 4.79 Å². The van der Waals surface area contributed by atoms with Gasteiger partial charge in [0.05, 0.1) is 22.9 Å². The van der Waals surface area contributed by atoms with E-state index < -0.39 is 0 Å². The van der Waals surface area contributed by atoms with Crippen LogP contribution in [0.3, 0.4) is 0 Å². The Morgan fingerprint density at radius 2 is 2.00 bits per heavy atom. The number of pyridine rings is 1. The second-order valence-corrected chi connectivity index (χ2v) is 6.39. The summed E-state index contributed by atoms with van der Waals surface area (Å²) in [5.74, 6) is -0.221. The first kappa shape index (κ1) is 17.7. The third-order valence-electron chi connectivity index (χ3n) is 4.43. The summed E-state index contributed by atoms with van der Waals surface area (Å²) in [4.78, 5) is 16.5. The highest BCUT2D eigenvalue weighted by Crippen LogP contribution is 2.20. The average molecular weight is 346 g/mol. The van der Waals surface area contributed by atoms with Gasteiger partial charge in [0, 0.05) is 24.6 Å². The Balaban J connectivity index is 1.56. The molecule has 1 aliphatic rings. The van der Waals surface area contributed by atoms with Crippen LogP contribution in [-0.4, -0.2) is 17.4 Å². The molecule has 0 unspecified atom stereocenters. The van der Waals surface area contributed by atoms with Gasteiger partial charge in [0.25, 0.3) is 5.91 Å². The van der Waals surface area contributed by atoms with Crippen LogP contribution in [0.15, 0.2) is 54.4 Å². The Labute approximate surface area is 153 Å². The predicted molar refractivity (Wildman–Crippen MR) is 103 cm³/mol. The highest BCUT2D eigenvalue weighted by atomic mass is 16.1. The maximum Gasteiger partial charge on any atom is 0.257 e. The third-order valence-corrected chi connectivity index (χ3v) is 4.43. The zero-order valence-electron chi connectivity index (χ0n) is 14.7. The number of hydrogen-bond acceptors (Lipinski definition) is 4. The SMILES string of the molecule is N#Cc1ccc(NC(=O)c2cncc(NCCC3=CCCCC3)c2)cc1. The van der Waals surface area contributed by atoms with Crippen LogP contribution < -0.4 is 10.6 Å². The largest absolute Gasteiger partial charge is 0.383 e. The summed E-state index contributed by atoms with van der Waals surface area (Å²) in [5.41, 5.74) is 4.07. The number of rotatable bonds is 6. The summed E-state index contributed by atoms with van der Waals surface area (Å²) in [6.45, 7) is 0.841. The van der Waals surface area contributed by atoms with Gasteiger partial charge in [-0.1, -0.05) is 11.6 Å². The molecule has 1 aliphatic carbocycles. The number of carbonyl (C=O) groups is 1. The predicted octanol–water partition coefficient (Wildman–Crippen LogP) is 4.51. The number of benzene rings is 1. The first-order valence-electron chi connectivity index (χ1n) is 8.93. The molecule has 132 valence electrons. The molecule has 0 saturated heterocycles. The number of nitriles is 1. The quantitative estimate of drug-likeness (QED) is 0.755.